The monoisotopic (exact) mass is 436 g/mol. The zero-order valence-electron chi connectivity index (χ0n) is 13.1. The molecule has 124 valence electrons. The molecule has 0 aliphatic rings. The first kappa shape index (κ1) is 18.1. The van der Waals surface area contributed by atoms with Gasteiger partial charge in [-0.1, -0.05) is 0 Å². The van der Waals surface area contributed by atoms with Gasteiger partial charge in [-0.2, -0.15) is 5.10 Å². The van der Waals surface area contributed by atoms with Gasteiger partial charge in [-0.25, -0.2) is 5.43 Å². The van der Waals surface area contributed by atoms with Crippen molar-refractivity contribution in [3.05, 3.63) is 57.4 Å². The van der Waals surface area contributed by atoms with Crippen LogP contribution in [0.4, 0.5) is 5.69 Å². The summed E-state index contributed by atoms with van der Waals surface area (Å²) < 4.78 is 1.11. The summed E-state index contributed by atoms with van der Waals surface area (Å²) in [5, 5.41) is 6.65. The van der Waals surface area contributed by atoms with Crippen molar-refractivity contribution in [1.82, 2.24) is 10.4 Å². The fourth-order valence-corrected chi connectivity index (χ4v) is 2.54. The number of nitrogens with one attached hydrogen (secondary N) is 2. The number of anilines is 1. The molecule has 2 amide bonds. The summed E-state index contributed by atoms with van der Waals surface area (Å²) in [6.07, 6.45) is 4.97. The number of aryl methyl sites for hydroxylation is 1. The van der Waals surface area contributed by atoms with Gasteiger partial charge >= 0.3 is 0 Å². The topological polar surface area (TPSA) is 83.5 Å². The highest BCUT2D eigenvalue weighted by Crippen LogP contribution is 2.17. The van der Waals surface area contributed by atoms with Crippen molar-refractivity contribution in [2.24, 2.45) is 5.10 Å². The minimum atomic E-state index is -0.310. The van der Waals surface area contributed by atoms with Crippen LogP contribution in [-0.2, 0) is 9.59 Å². The minimum Gasteiger partial charge on any atom is -0.326 e. The quantitative estimate of drug-likeness (QED) is 0.415. The predicted octanol–water partition coefficient (Wildman–Crippen LogP) is 2.86. The molecule has 0 aliphatic heterocycles. The van der Waals surface area contributed by atoms with Crippen LogP contribution < -0.4 is 10.7 Å². The van der Waals surface area contributed by atoms with Gasteiger partial charge in [0.1, 0.15) is 0 Å². The fraction of sp³-hybridized carbons (Fsp3) is 0.176. The van der Waals surface area contributed by atoms with Gasteiger partial charge in [0, 0.05) is 34.5 Å². The van der Waals surface area contributed by atoms with E-state index in [1.807, 2.05) is 25.1 Å². The molecule has 0 saturated heterocycles. The second-order valence-corrected chi connectivity index (χ2v) is 6.33. The molecule has 0 aliphatic carbocycles. The summed E-state index contributed by atoms with van der Waals surface area (Å²) in [4.78, 5) is 27.5. The molecule has 6 nitrogen and oxygen atoms in total. The molecule has 2 N–H and O–H groups in total. The number of carbonyl (C=O) groups is 2. The summed E-state index contributed by atoms with van der Waals surface area (Å²) >= 11 is 2.22. The third-order valence-corrected chi connectivity index (χ3v) is 3.82. The molecule has 0 spiro atoms. The lowest BCUT2D eigenvalue weighted by atomic mass is 10.2. The molecule has 1 aromatic heterocycles. The smallest absolute Gasteiger partial charge is 0.240 e. The molecule has 0 unspecified atom stereocenters. The van der Waals surface area contributed by atoms with Gasteiger partial charge in [-0.15, -0.1) is 0 Å². The Bertz CT molecular complexity index is 748. The maximum Gasteiger partial charge on any atom is 0.240 e. The normalized spacial score (nSPS) is 10.6. The van der Waals surface area contributed by atoms with E-state index in [1.54, 1.807) is 24.5 Å². The van der Waals surface area contributed by atoms with E-state index in [1.165, 1.54) is 6.21 Å². The molecule has 0 saturated carbocycles. The van der Waals surface area contributed by atoms with Crippen LogP contribution in [0.15, 0.2) is 47.8 Å². The second kappa shape index (κ2) is 9.11. The van der Waals surface area contributed by atoms with Crippen molar-refractivity contribution in [3.63, 3.8) is 0 Å². The number of aromatic nitrogens is 1. The summed E-state index contributed by atoms with van der Waals surface area (Å²) in [7, 11) is 0. The molecule has 7 heteroatoms. The number of hydrogen-bond donors (Lipinski definition) is 2. The third kappa shape index (κ3) is 6.07. The van der Waals surface area contributed by atoms with Gasteiger partial charge in [0.2, 0.25) is 11.8 Å². The lowest BCUT2D eigenvalue weighted by Crippen LogP contribution is -2.20. The van der Waals surface area contributed by atoms with Gasteiger partial charge in [-0.3, -0.25) is 14.6 Å². The van der Waals surface area contributed by atoms with Gasteiger partial charge in [-0.05, 0) is 71.0 Å². The van der Waals surface area contributed by atoms with Crippen LogP contribution in [0.2, 0.25) is 0 Å². The molecular weight excluding hydrogens is 419 g/mol. The third-order valence-electron chi connectivity index (χ3n) is 3.15. The number of pyridine rings is 1. The van der Waals surface area contributed by atoms with Crippen LogP contribution in [0.1, 0.15) is 24.0 Å². The van der Waals surface area contributed by atoms with Crippen molar-refractivity contribution in [2.75, 3.05) is 5.32 Å². The number of carbonyl (C=O) groups excluding carboxylic acids is 2. The largest absolute Gasteiger partial charge is 0.326 e. The standard InChI is InChI=1S/C17H17IN4O2/c1-12-10-14(18)2-3-15(12)21-16(23)4-5-17(24)22-20-11-13-6-8-19-9-7-13/h2-3,6-11H,4-5H2,1H3,(H,21,23)(H,22,24)/b20-11-. The van der Waals surface area contributed by atoms with E-state index in [9.17, 15) is 9.59 Å². The fourth-order valence-electron chi connectivity index (χ4n) is 1.89. The zero-order chi connectivity index (χ0) is 17.4. The summed E-state index contributed by atoms with van der Waals surface area (Å²) in [5.41, 5.74) is 4.98. The first-order valence-corrected chi connectivity index (χ1v) is 8.40. The highest BCUT2D eigenvalue weighted by molar-refractivity contribution is 14.1. The average molecular weight is 436 g/mol. The van der Waals surface area contributed by atoms with E-state index in [0.29, 0.717) is 0 Å². The highest BCUT2D eigenvalue weighted by Gasteiger charge is 2.08. The SMILES string of the molecule is Cc1cc(I)ccc1NC(=O)CCC(=O)N/N=C\c1ccncc1. The Morgan fingerprint density at radius 3 is 2.58 bits per heavy atom. The Balaban J connectivity index is 1.75. The number of benzene rings is 1. The van der Waals surface area contributed by atoms with Crippen LogP contribution in [-0.4, -0.2) is 23.0 Å². The first-order valence-electron chi connectivity index (χ1n) is 7.32. The number of amides is 2. The van der Waals surface area contributed by atoms with Gasteiger partial charge in [0.25, 0.3) is 0 Å². The number of rotatable bonds is 6. The van der Waals surface area contributed by atoms with E-state index in [-0.39, 0.29) is 24.7 Å². The maximum atomic E-state index is 11.9. The Labute approximate surface area is 153 Å². The molecule has 2 aromatic rings. The number of hydrazone groups is 1. The lowest BCUT2D eigenvalue weighted by molar-refractivity contribution is -0.124. The molecule has 1 aromatic carbocycles. The Morgan fingerprint density at radius 2 is 1.88 bits per heavy atom. The van der Waals surface area contributed by atoms with Crippen molar-refractivity contribution < 1.29 is 9.59 Å². The van der Waals surface area contributed by atoms with Crippen molar-refractivity contribution in [1.29, 1.82) is 0 Å². The van der Waals surface area contributed by atoms with Crippen LogP contribution in [0.3, 0.4) is 0 Å². The van der Waals surface area contributed by atoms with Crippen molar-refractivity contribution in [2.45, 2.75) is 19.8 Å². The molecule has 1 heterocycles. The molecule has 0 bridgehead atoms. The van der Waals surface area contributed by atoms with Crippen LogP contribution in [0.5, 0.6) is 0 Å². The second-order valence-electron chi connectivity index (χ2n) is 5.08. The van der Waals surface area contributed by atoms with Crippen LogP contribution >= 0.6 is 22.6 Å². The maximum absolute atomic E-state index is 11.9. The Kier molecular flexibility index (Phi) is 6.86. The molecule has 0 fully saturated rings. The molecule has 2 rings (SSSR count). The van der Waals surface area contributed by atoms with Crippen molar-refractivity contribution in [3.8, 4) is 0 Å². The van der Waals surface area contributed by atoms with Gasteiger partial charge in [0.05, 0.1) is 6.21 Å². The average Bonchev–Trinajstić information content (AvgIpc) is 2.56. The Hall–Kier alpha value is -2.29. The van der Waals surface area contributed by atoms with Gasteiger partial charge < -0.3 is 5.32 Å². The number of hydrogen-bond acceptors (Lipinski definition) is 4. The summed E-state index contributed by atoms with van der Waals surface area (Å²) in [6.45, 7) is 1.93. The lowest BCUT2D eigenvalue weighted by Gasteiger charge is -2.08. The molecule has 24 heavy (non-hydrogen) atoms. The van der Waals surface area contributed by atoms with E-state index in [0.717, 1.165) is 20.4 Å². The molecule has 0 radical (unpaired) electrons. The van der Waals surface area contributed by atoms with Crippen LogP contribution in [0.25, 0.3) is 0 Å². The Morgan fingerprint density at radius 1 is 1.17 bits per heavy atom. The van der Waals surface area contributed by atoms with Crippen molar-refractivity contribution >= 4 is 46.3 Å². The zero-order valence-corrected chi connectivity index (χ0v) is 15.3. The van der Waals surface area contributed by atoms with Gasteiger partial charge in [0.15, 0.2) is 0 Å². The summed E-state index contributed by atoms with van der Waals surface area (Å²) in [5.74, 6) is -0.512. The first-order chi connectivity index (χ1) is 11.5. The van der Waals surface area contributed by atoms with E-state index < -0.39 is 0 Å². The van der Waals surface area contributed by atoms with E-state index in [4.69, 9.17) is 0 Å². The number of nitrogens with zero attached hydrogens (tertiary/aromatic N) is 2. The van der Waals surface area contributed by atoms with E-state index >= 15 is 0 Å². The summed E-state index contributed by atoms with van der Waals surface area (Å²) in [6, 6.07) is 9.30. The minimum absolute atomic E-state index is 0.0724. The molecule has 0 atom stereocenters. The van der Waals surface area contributed by atoms with Crippen LogP contribution in [0, 0.1) is 10.5 Å². The molecular formula is C17H17IN4O2. The number of halogens is 1. The van der Waals surface area contributed by atoms with E-state index in [2.05, 4.69) is 43.4 Å². The highest BCUT2D eigenvalue weighted by atomic mass is 127. The predicted molar refractivity (Wildman–Crippen MR) is 102 cm³/mol.